The van der Waals surface area contributed by atoms with Gasteiger partial charge in [-0.3, -0.25) is 20.0 Å². The first-order valence-electron chi connectivity index (χ1n) is 7.66. The van der Waals surface area contributed by atoms with Gasteiger partial charge in [0.05, 0.1) is 23.7 Å². The summed E-state index contributed by atoms with van der Waals surface area (Å²) in [4.78, 5) is 25.2. The van der Waals surface area contributed by atoms with Gasteiger partial charge in [0, 0.05) is 6.54 Å². The highest BCUT2D eigenvalue weighted by molar-refractivity contribution is 5.97. The Morgan fingerprint density at radius 3 is 2.79 bits per heavy atom. The molecule has 2 heterocycles. The molecule has 0 spiro atoms. The number of nitro groups is 1. The number of carbonyl (C=O) groups is 1. The molecule has 1 saturated heterocycles. The van der Waals surface area contributed by atoms with Gasteiger partial charge in [0.1, 0.15) is 5.69 Å². The van der Waals surface area contributed by atoms with Crippen molar-refractivity contribution in [3.63, 3.8) is 0 Å². The number of aromatic amines is 1. The van der Waals surface area contributed by atoms with Crippen molar-refractivity contribution in [3.05, 3.63) is 57.4 Å². The lowest BCUT2D eigenvalue weighted by Gasteiger charge is -2.38. The first kappa shape index (κ1) is 16.1. The molecule has 126 valence electrons. The van der Waals surface area contributed by atoms with Crippen LogP contribution in [0.15, 0.2) is 30.3 Å². The molecule has 8 heteroatoms. The van der Waals surface area contributed by atoms with Gasteiger partial charge in [-0.25, -0.2) is 0 Å². The predicted octanol–water partition coefficient (Wildman–Crippen LogP) is 2.23. The zero-order valence-electron chi connectivity index (χ0n) is 13.4. The summed E-state index contributed by atoms with van der Waals surface area (Å²) in [6, 6.07) is 9.19. The maximum Gasteiger partial charge on any atom is 0.322 e. The van der Waals surface area contributed by atoms with E-state index in [1.165, 1.54) is 6.92 Å². The lowest BCUT2D eigenvalue weighted by atomic mass is 10.0. The quantitative estimate of drug-likeness (QED) is 0.687. The van der Waals surface area contributed by atoms with E-state index in [9.17, 15) is 14.9 Å². The Labute approximate surface area is 138 Å². The first-order valence-corrected chi connectivity index (χ1v) is 7.66. The van der Waals surface area contributed by atoms with Crippen LogP contribution in [0.3, 0.4) is 0 Å². The molecule has 8 nitrogen and oxygen atoms in total. The van der Waals surface area contributed by atoms with Crippen molar-refractivity contribution >= 4 is 11.6 Å². The molecular weight excluding hydrogens is 312 g/mol. The van der Waals surface area contributed by atoms with Crippen molar-refractivity contribution in [2.75, 3.05) is 13.2 Å². The van der Waals surface area contributed by atoms with E-state index in [1.807, 2.05) is 37.3 Å². The number of ether oxygens (including phenoxy) is 1. The van der Waals surface area contributed by atoms with Crippen molar-refractivity contribution in [2.45, 2.75) is 26.0 Å². The topological polar surface area (TPSA) is 101 Å². The normalized spacial score (nSPS) is 20.8. The van der Waals surface area contributed by atoms with Crippen LogP contribution in [0.2, 0.25) is 0 Å². The molecule has 0 aliphatic carbocycles. The molecule has 0 unspecified atom stereocenters. The van der Waals surface area contributed by atoms with E-state index in [0.29, 0.717) is 13.2 Å². The molecule has 2 atom stereocenters. The fourth-order valence-corrected chi connectivity index (χ4v) is 2.91. The SMILES string of the molecule is Cc1[nH]nc(C(=O)N2C[C@H](C)OC[C@H]2c2ccccc2)c1[N+](=O)[O-]. The lowest BCUT2D eigenvalue weighted by molar-refractivity contribution is -0.385. The maximum atomic E-state index is 13.0. The van der Waals surface area contributed by atoms with Crippen LogP contribution in [0.4, 0.5) is 5.69 Å². The lowest BCUT2D eigenvalue weighted by Crippen LogP contribution is -2.47. The van der Waals surface area contributed by atoms with Crippen molar-refractivity contribution in [2.24, 2.45) is 0 Å². The molecule has 1 aliphatic rings. The number of nitrogens with one attached hydrogen (secondary N) is 1. The second-order valence-corrected chi connectivity index (χ2v) is 5.83. The van der Waals surface area contributed by atoms with Crippen LogP contribution in [0.5, 0.6) is 0 Å². The van der Waals surface area contributed by atoms with E-state index >= 15 is 0 Å². The smallest absolute Gasteiger partial charge is 0.322 e. The van der Waals surface area contributed by atoms with E-state index in [-0.39, 0.29) is 29.2 Å². The molecule has 3 rings (SSSR count). The minimum Gasteiger partial charge on any atom is -0.374 e. The van der Waals surface area contributed by atoms with Gasteiger partial charge in [-0.1, -0.05) is 30.3 Å². The molecular formula is C16H18N4O4. The predicted molar refractivity (Wildman–Crippen MR) is 85.6 cm³/mol. The highest BCUT2D eigenvalue weighted by atomic mass is 16.6. The van der Waals surface area contributed by atoms with Gasteiger partial charge >= 0.3 is 5.69 Å². The van der Waals surface area contributed by atoms with Crippen molar-refractivity contribution < 1.29 is 14.5 Å². The molecule has 1 amide bonds. The van der Waals surface area contributed by atoms with Crippen molar-refractivity contribution in [1.29, 1.82) is 0 Å². The van der Waals surface area contributed by atoms with Gasteiger partial charge in [-0.05, 0) is 19.4 Å². The number of H-pyrrole nitrogens is 1. The average molecular weight is 330 g/mol. The average Bonchev–Trinajstić information content (AvgIpc) is 2.96. The molecule has 0 bridgehead atoms. The summed E-state index contributed by atoms with van der Waals surface area (Å²) in [5.74, 6) is -0.463. The minimum atomic E-state index is -0.576. The van der Waals surface area contributed by atoms with Gasteiger partial charge in [-0.15, -0.1) is 0 Å². The van der Waals surface area contributed by atoms with E-state index in [4.69, 9.17) is 4.74 Å². The molecule has 1 fully saturated rings. The van der Waals surface area contributed by atoms with Crippen LogP contribution in [-0.4, -0.2) is 45.2 Å². The van der Waals surface area contributed by atoms with Crippen LogP contribution in [-0.2, 0) is 4.74 Å². The summed E-state index contributed by atoms with van der Waals surface area (Å²) in [5, 5.41) is 17.7. The monoisotopic (exact) mass is 330 g/mol. The highest BCUT2D eigenvalue weighted by Crippen LogP contribution is 2.30. The van der Waals surface area contributed by atoms with Gasteiger partial charge in [0.25, 0.3) is 5.91 Å². The molecule has 24 heavy (non-hydrogen) atoms. The van der Waals surface area contributed by atoms with Crippen LogP contribution in [0, 0.1) is 17.0 Å². The Morgan fingerprint density at radius 2 is 2.12 bits per heavy atom. The van der Waals surface area contributed by atoms with E-state index in [2.05, 4.69) is 10.2 Å². The number of aryl methyl sites for hydroxylation is 1. The third-order valence-corrected chi connectivity index (χ3v) is 4.11. The third kappa shape index (κ3) is 2.88. The highest BCUT2D eigenvalue weighted by Gasteiger charge is 2.37. The number of rotatable bonds is 3. The number of carbonyl (C=O) groups excluding carboxylic acids is 1. The number of aromatic nitrogens is 2. The van der Waals surface area contributed by atoms with Gasteiger partial charge < -0.3 is 9.64 Å². The molecule has 1 aliphatic heterocycles. The second kappa shape index (κ2) is 6.40. The number of morpholine rings is 1. The Morgan fingerprint density at radius 1 is 1.42 bits per heavy atom. The van der Waals surface area contributed by atoms with Crippen LogP contribution >= 0.6 is 0 Å². The van der Waals surface area contributed by atoms with Gasteiger partial charge in [0.15, 0.2) is 0 Å². The fourth-order valence-electron chi connectivity index (χ4n) is 2.91. The van der Waals surface area contributed by atoms with Gasteiger partial charge in [-0.2, -0.15) is 5.10 Å². The number of amides is 1. The van der Waals surface area contributed by atoms with Gasteiger partial charge in [0.2, 0.25) is 5.69 Å². The zero-order valence-corrected chi connectivity index (χ0v) is 13.4. The first-order chi connectivity index (χ1) is 11.5. The van der Waals surface area contributed by atoms with Crippen molar-refractivity contribution in [3.8, 4) is 0 Å². The minimum absolute atomic E-state index is 0.145. The molecule has 0 saturated carbocycles. The van der Waals surface area contributed by atoms with Crippen LogP contribution in [0.1, 0.15) is 34.7 Å². The van der Waals surface area contributed by atoms with Crippen LogP contribution < -0.4 is 0 Å². The Kier molecular flexibility index (Phi) is 4.30. The number of hydrogen-bond donors (Lipinski definition) is 1. The summed E-state index contributed by atoms with van der Waals surface area (Å²) in [6.07, 6.45) is -0.145. The number of benzene rings is 1. The number of hydrogen-bond acceptors (Lipinski definition) is 5. The summed E-state index contributed by atoms with van der Waals surface area (Å²) < 4.78 is 5.69. The maximum absolute atomic E-state index is 13.0. The summed E-state index contributed by atoms with van der Waals surface area (Å²) in [6.45, 7) is 4.08. The second-order valence-electron chi connectivity index (χ2n) is 5.83. The summed E-state index contributed by atoms with van der Waals surface area (Å²) >= 11 is 0. The summed E-state index contributed by atoms with van der Waals surface area (Å²) in [5.41, 5.74) is 0.757. The zero-order chi connectivity index (χ0) is 17.3. The Balaban J connectivity index is 1.98. The summed E-state index contributed by atoms with van der Waals surface area (Å²) in [7, 11) is 0. The molecule has 1 aromatic carbocycles. The standard InChI is InChI=1S/C16H18N4O4/c1-10-8-19(13(9-24-10)12-6-4-3-5-7-12)16(21)14-15(20(22)23)11(2)17-18-14/h3-7,10,13H,8-9H2,1-2H3,(H,17,18)/t10-,13-/m0/s1. The van der Waals surface area contributed by atoms with E-state index in [1.54, 1.807) is 4.90 Å². The molecule has 1 N–H and O–H groups in total. The largest absolute Gasteiger partial charge is 0.374 e. The fraction of sp³-hybridized carbons (Fsp3) is 0.375. The Bertz CT molecular complexity index is 759. The molecule has 2 aromatic rings. The molecule has 0 radical (unpaired) electrons. The van der Waals surface area contributed by atoms with E-state index in [0.717, 1.165) is 5.56 Å². The Hall–Kier alpha value is -2.74. The molecule has 1 aromatic heterocycles. The van der Waals surface area contributed by atoms with Crippen LogP contribution in [0.25, 0.3) is 0 Å². The number of nitrogens with zero attached hydrogens (tertiary/aromatic N) is 3. The third-order valence-electron chi connectivity index (χ3n) is 4.11. The van der Waals surface area contributed by atoms with E-state index < -0.39 is 10.8 Å². The van der Waals surface area contributed by atoms with Crippen molar-refractivity contribution in [1.82, 2.24) is 15.1 Å².